The van der Waals surface area contributed by atoms with Crippen molar-refractivity contribution < 1.29 is 9.53 Å². The van der Waals surface area contributed by atoms with Crippen LogP contribution in [0.3, 0.4) is 0 Å². The molecule has 3 aromatic rings. The molecule has 190 valence electrons. The molecular formula is C28H29ClN6O2. The first-order valence-corrected chi connectivity index (χ1v) is 12.9. The van der Waals surface area contributed by atoms with Crippen molar-refractivity contribution in [3.8, 4) is 0 Å². The monoisotopic (exact) mass is 516 g/mol. The minimum atomic E-state index is -0.281. The average Bonchev–Trinajstić information content (AvgIpc) is 3.50. The largest absolute Gasteiger partial charge is 0.443 e. The highest BCUT2D eigenvalue weighted by atomic mass is 35.5. The van der Waals surface area contributed by atoms with Crippen LogP contribution in [0, 0.1) is 5.41 Å². The van der Waals surface area contributed by atoms with Crippen LogP contribution < -0.4 is 0 Å². The number of pyridine rings is 1. The van der Waals surface area contributed by atoms with E-state index >= 15 is 0 Å². The van der Waals surface area contributed by atoms with Gasteiger partial charge in [-0.15, -0.1) is 0 Å². The number of aryl methyl sites for hydroxylation is 1. The molecule has 0 radical (unpaired) electrons. The van der Waals surface area contributed by atoms with Crippen molar-refractivity contribution in [1.29, 1.82) is 5.41 Å². The van der Waals surface area contributed by atoms with Gasteiger partial charge in [0.05, 0.1) is 35.7 Å². The van der Waals surface area contributed by atoms with Crippen LogP contribution in [0.2, 0.25) is 5.02 Å². The predicted octanol–water partition coefficient (Wildman–Crippen LogP) is 4.79. The van der Waals surface area contributed by atoms with E-state index in [2.05, 4.69) is 9.88 Å². The number of halogens is 1. The van der Waals surface area contributed by atoms with E-state index in [1.165, 1.54) is 0 Å². The van der Waals surface area contributed by atoms with Gasteiger partial charge in [0.15, 0.2) is 0 Å². The number of amides is 1. The number of nitrogens with zero attached hydrogens (tertiary/aromatic N) is 5. The molecule has 1 atom stereocenters. The topological polar surface area (TPSA) is 87.3 Å². The fraction of sp³-hybridized carbons (Fsp3) is 0.357. The number of nitrogens with one attached hydrogen (secondary N) is 1. The quantitative estimate of drug-likeness (QED) is 0.504. The maximum Gasteiger partial charge on any atom is 0.410 e. The highest BCUT2D eigenvalue weighted by Crippen LogP contribution is 2.42. The lowest BCUT2D eigenvalue weighted by Gasteiger charge is -2.39. The molecule has 8 nitrogen and oxygen atoms in total. The third kappa shape index (κ3) is 4.45. The van der Waals surface area contributed by atoms with Gasteiger partial charge in [0, 0.05) is 50.0 Å². The number of imidazole rings is 1. The molecule has 1 aliphatic heterocycles. The zero-order chi connectivity index (χ0) is 25.7. The fourth-order valence-corrected chi connectivity index (χ4v) is 5.36. The Hall–Kier alpha value is -3.49. The lowest BCUT2D eigenvalue weighted by Crippen LogP contribution is -2.50. The second-order valence-electron chi connectivity index (χ2n) is 10.3. The molecular weight excluding hydrogens is 488 g/mol. The molecule has 2 aromatic heterocycles. The molecule has 3 aliphatic rings. The lowest BCUT2D eigenvalue weighted by molar-refractivity contribution is 0.0380. The number of carbonyl (C=O) groups is 1. The number of carbonyl (C=O) groups excluding carboxylic acids is 1. The van der Waals surface area contributed by atoms with Gasteiger partial charge in [0.25, 0.3) is 0 Å². The van der Waals surface area contributed by atoms with Gasteiger partial charge in [-0.2, -0.15) is 0 Å². The van der Waals surface area contributed by atoms with Crippen LogP contribution in [0.5, 0.6) is 0 Å². The summed E-state index contributed by atoms with van der Waals surface area (Å²) < 4.78 is 7.55. The van der Waals surface area contributed by atoms with Crippen molar-refractivity contribution in [3.05, 3.63) is 82.2 Å². The maximum atomic E-state index is 12.7. The summed E-state index contributed by atoms with van der Waals surface area (Å²) in [7, 11) is 1.89. The van der Waals surface area contributed by atoms with E-state index in [1.807, 2.05) is 61.1 Å². The van der Waals surface area contributed by atoms with Gasteiger partial charge in [-0.25, -0.2) is 9.78 Å². The van der Waals surface area contributed by atoms with E-state index in [4.69, 9.17) is 26.7 Å². The van der Waals surface area contributed by atoms with Crippen molar-refractivity contribution in [2.45, 2.75) is 31.4 Å². The Morgan fingerprint density at radius 2 is 1.97 bits per heavy atom. The second kappa shape index (κ2) is 9.11. The zero-order valence-corrected chi connectivity index (χ0v) is 21.7. The van der Waals surface area contributed by atoms with Gasteiger partial charge in [-0.3, -0.25) is 15.3 Å². The van der Waals surface area contributed by atoms with Crippen molar-refractivity contribution in [1.82, 2.24) is 24.3 Å². The van der Waals surface area contributed by atoms with Crippen LogP contribution in [0.1, 0.15) is 53.9 Å². The highest BCUT2D eigenvalue weighted by Gasteiger charge is 2.43. The number of piperazine rings is 1. The van der Waals surface area contributed by atoms with Crippen LogP contribution >= 0.6 is 11.6 Å². The van der Waals surface area contributed by atoms with Gasteiger partial charge < -0.3 is 14.2 Å². The fourth-order valence-electron chi connectivity index (χ4n) is 5.19. The van der Waals surface area contributed by atoms with Crippen LogP contribution in [0.15, 0.2) is 49.1 Å². The normalized spacial score (nSPS) is 20.4. The molecule has 1 amide bonds. The smallest absolute Gasteiger partial charge is 0.410 e. The Morgan fingerprint density at radius 3 is 2.68 bits per heavy atom. The van der Waals surface area contributed by atoms with Gasteiger partial charge in [-0.1, -0.05) is 23.7 Å². The number of allylic oxidation sites excluding steroid dienone is 1. The number of ether oxygens (including phenoxy) is 1. The molecule has 1 saturated carbocycles. The predicted molar refractivity (Wildman–Crippen MR) is 143 cm³/mol. The standard InChI is InChI=1S/C28H29ClN6O2/c1-28(7-8-28)37-27(36)35-12-10-34(11-13-35)26-20-6-5-19(29)15-21(20)22(14-18-4-3-9-32-25(18)26)24(30)23-16-31-17-33(23)2/h3-6,9,14-17,26,30H,7-8,10-13H2,1-2H3. The Morgan fingerprint density at radius 1 is 1.19 bits per heavy atom. The molecule has 2 aliphatic carbocycles. The van der Waals surface area contributed by atoms with Gasteiger partial charge in [0.1, 0.15) is 5.60 Å². The molecule has 2 fully saturated rings. The van der Waals surface area contributed by atoms with Crippen molar-refractivity contribution in [2.75, 3.05) is 26.2 Å². The summed E-state index contributed by atoms with van der Waals surface area (Å²) in [4.78, 5) is 25.9. The van der Waals surface area contributed by atoms with Crippen molar-refractivity contribution in [3.63, 3.8) is 0 Å². The molecule has 37 heavy (non-hydrogen) atoms. The molecule has 9 heteroatoms. The summed E-state index contributed by atoms with van der Waals surface area (Å²) in [6.45, 7) is 4.53. The summed E-state index contributed by atoms with van der Waals surface area (Å²) in [5.41, 5.74) is 5.43. The Labute approximate surface area is 221 Å². The summed E-state index contributed by atoms with van der Waals surface area (Å²) in [5.74, 6) is 0. The Balaban J connectivity index is 1.37. The van der Waals surface area contributed by atoms with Crippen molar-refractivity contribution in [2.24, 2.45) is 7.05 Å². The molecule has 1 N–H and O–H groups in total. The number of benzene rings is 1. The van der Waals surface area contributed by atoms with E-state index in [0.29, 0.717) is 36.9 Å². The van der Waals surface area contributed by atoms with Gasteiger partial charge in [0.2, 0.25) is 0 Å². The second-order valence-corrected chi connectivity index (χ2v) is 10.7. The number of hydrogen-bond donors (Lipinski definition) is 1. The lowest BCUT2D eigenvalue weighted by atomic mass is 9.91. The van der Waals surface area contributed by atoms with E-state index in [0.717, 1.165) is 46.5 Å². The van der Waals surface area contributed by atoms with Crippen LogP contribution in [-0.4, -0.2) is 67.9 Å². The third-order valence-electron chi connectivity index (χ3n) is 7.60. The first-order chi connectivity index (χ1) is 17.8. The van der Waals surface area contributed by atoms with Crippen molar-refractivity contribution >= 4 is 35.1 Å². The van der Waals surface area contributed by atoms with E-state index in [-0.39, 0.29) is 17.7 Å². The number of hydrogen-bond acceptors (Lipinski definition) is 6. The molecule has 1 saturated heterocycles. The minimum absolute atomic E-state index is 0.143. The SMILES string of the molecule is Cn1cncc1C(=N)C1=Cc2cccnc2C(N2CCN(C(=O)OC3(C)CC3)CC2)c2ccc(Cl)cc21. The Bertz CT molecular complexity index is 1420. The van der Waals surface area contributed by atoms with Crippen LogP contribution in [0.25, 0.3) is 11.6 Å². The molecule has 0 bridgehead atoms. The van der Waals surface area contributed by atoms with Gasteiger partial charge >= 0.3 is 6.09 Å². The minimum Gasteiger partial charge on any atom is -0.443 e. The Kier molecular flexibility index (Phi) is 5.88. The first-order valence-electron chi connectivity index (χ1n) is 12.6. The molecule has 1 aromatic carbocycles. The van der Waals surface area contributed by atoms with Gasteiger partial charge in [-0.05, 0) is 60.7 Å². The van der Waals surface area contributed by atoms with E-state index < -0.39 is 0 Å². The van der Waals surface area contributed by atoms with E-state index in [1.54, 1.807) is 17.4 Å². The summed E-state index contributed by atoms with van der Waals surface area (Å²) in [6, 6.07) is 9.71. The van der Waals surface area contributed by atoms with E-state index in [9.17, 15) is 4.79 Å². The summed E-state index contributed by atoms with van der Waals surface area (Å²) >= 11 is 6.51. The summed E-state index contributed by atoms with van der Waals surface area (Å²) in [5, 5.41) is 9.73. The molecule has 1 unspecified atom stereocenters. The van der Waals surface area contributed by atoms with Crippen LogP contribution in [-0.2, 0) is 11.8 Å². The number of aromatic nitrogens is 3. The maximum absolute atomic E-state index is 12.7. The summed E-state index contributed by atoms with van der Waals surface area (Å²) in [6.07, 6.45) is 8.91. The molecule has 3 heterocycles. The molecule has 6 rings (SSSR count). The number of rotatable bonds is 4. The average molecular weight is 517 g/mol. The van der Waals surface area contributed by atoms with Crippen LogP contribution in [0.4, 0.5) is 4.79 Å². The highest BCUT2D eigenvalue weighted by molar-refractivity contribution is 6.35. The number of fused-ring (bicyclic) bond motifs is 2. The molecule has 0 spiro atoms. The first kappa shape index (κ1) is 23.9. The zero-order valence-electron chi connectivity index (χ0n) is 20.9. The third-order valence-corrected chi connectivity index (χ3v) is 7.83.